The molecule has 0 aliphatic carbocycles. The minimum atomic E-state index is -0.996. The summed E-state index contributed by atoms with van der Waals surface area (Å²) >= 11 is 0. The van der Waals surface area contributed by atoms with Gasteiger partial charge >= 0.3 is 11.9 Å². The van der Waals surface area contributed by atoms with E-state index in [9.17, 15) is 9.59 Å². The van der Waals surface area contributed by atoms with Crippen molar-refractivity contribution in [2.75, 3.05) is 0 Å². The van der Waals surface area contributed by atoms with E-state index in [0.29, 0.717) is 19.3 Å². The summed E-state index contributed by atoms with van der Waals surface area (Å²) in [6, 6.07) is 0. The first-order chi connectivity index (χ1) is 6.90. The molecule has 0 rings (SSSR count). The van der Waals surface area contributed by atoms with Crippen LogP contribution in [0.2, 0.25) is 0 Å². The Labute approximate surface area is 90.3 Å². The van der Waals surface area contributed by atoms with E-state index in [4.69, 9.17) is 10.2 Å². The van der Waals surface area contributed by atoms with Gasteiger partial charge in [-0.3, -0.25) is 9.59 Å². The van der Waals surface area contributed by atoms with E-state index in [1.807, 2.05) is 20.8 Å². The third-order valence-corrected chi connectivity index (χ3v) is 2.45. The van der Waals surface area contributed by atoms with Crippen LogP contribution in [-0.2, 0) is 9.59 Å². The maximum absolute atomic E-state index is 11.0. The Bertz CT molecular complexity index is 228. The number of carboxylic acids is 2. The molecule has 0 radical (unpaired) electrons. The van der Waals surface area contributed by atoms with Crippen molar-refractivity contribution in [1.82, 2.24) is 0 Å². The normalized spacial score (nSPS) is 14.0. The number of carboxylic acid groups (broad SMARTS) is 2. The van der Waals surface area contributed by atoms with Gasteiger partial charge in [0, 0.05) is 0 Å². The van der Waals surface area contributed by atoms with Crippen molar-refractivity contribution in [3.05, 3.63) is 0 Å². The van der Waals surface area contributed by atoms with Crippen LogP contribution in [0.1, 0.15) is 40.0 Å². The molecular weight excluding hydrogens is 453 g/mol. The van der Waals surface area contributed by atoms with E-state index in [2.05, 4.69) is 0 Å². The maximum Gasteiger partial charge on any atom is 0.307 e. The predicted molar refractivity (Wildman–Crippen MR) is 56.6 cm³/mol. The number of hydrogen-bond acceptors (Lipinski definition) is 2. The van der Waals surface area contributed by atoms with Crippen LogP contribution in [0.4, 0.5) is 0 Å². The zero-order valence-corrected chi connectivity index (χ0v) is 12.3. The largest absolute Gasteiger partial charge is 0.481 e. The van der Waals surface area contributed by atoms with Crippen LogP contribution in [-0.4, -0.2) is 22.2 Å². The summed E-state index contributed by atoms with van der Waals surface area (Å²) in [6.45, 7) is 5.67. The van der Waals surface area contributed by atoms with Crippen LogP contribution >= 0.6 is 0 Å². The Balaban J connectivity index is 0. The second-order valence-corrected chi connectivity index (χ2v) is 4.31. The van der Waals surface area contributed by atoms with Gasteiger partial charge in [0.1, 0.15) is 0 Å². The maximum atomic E-state index is 11.0. The molecule has 0 spiro atoms. The molecule has 100 valence electrons. The van der Waals surface area contributed by atoms with E-state index >= 15 is 0 Å². The average molecular weight is 473 g/mol. The molecule has 0 saturated heterocycles. The summed E-state index contributed by atoms with van der Waals surface area (Å²) < 4.78 is 0. The van der Waals surface area contributed by atoms with Gasteiger partial charge in [-0.15, -0.1) is 0 Å². The number of rotatable bonds is 7. The van der Waals surface area contributed by atoms with Gasteiger partial charge < -0.3 is 10.2 Å². The van der Waals surface area contributed by atoms with E-state index in [1.54, 1.807) is 0 Å². The van der Waals surface area contributed by atoms with Gasteiger partial charge in [0.2, 0.25) is 0 Å². The van der Waals surface area contributed by atoms with Crippen LogP contribution in [0.5, 0.6) is 0 Å². The second-order valence-electron chi connectivity index (χ2n) is 4.31. The summed E-state index contributed by atoms with van der Waals surface area (Å²) in [5.41, 5.74) is 0. The molecule has 0 amide bonds. The zero-order valence-electron chi connectivity index (χ0n) is 9.85. The Morgan fingerprint density at radius 2 is 1.50 bits per heavy atom. The van der Waals surface area contributed by atoms with E-state index in [0.717, 1.165) is 0 Å². The summed E-state index contributed by atoms with van der Waals surface area (Å²) in [7, 11) is 0. The standard InChI is InChI=1S/C11H20O4.Fm/c1-4-5-8(10(12)13)9(11(14)15)6-7(2)3;/h7-9H,4-6H2,1-3H3,(H,12,13)(H,14,15);. The number of carbonyl (C=O) groups is 2. The number of hydrogen-bond donors (Lipinski definition) is 2. The van der Waals surface area contributed by atoms with Crippen LogP contribution in [0.15, 0.2) is 0 Å². The van der Waals surface area contributed by atoms with Gasteiger partial charge in [-0.2, -0.15) is 0 Å². The topological polar surface area (TPSA) is 74.6 Å². The fourth-order valence-electron chi connectivity index (χ4n) is 1.75. The van der Waals surface area contributed by atoms with Crippen LogP contribution < -0.4 is 0 Å². The molecule has 0 aromatic rings. The number of aliphatic carboxylic acids is 2. The molecule has 0 aromatic carbocycles. The van der Waals surface area contributed by atoms with Crippen molar-refractivity contribution < 1.29 is 19.8 Å². The molecule has 0 aliphatic rings. The van der Waals surface area contributed by atoms with E-state index in [-0.39, 0.29) is 5.92 Å². The van der Waals surface area contributed by atoms with Gasteiger partial charge in [0.25, 0.3) is 0 Å². The molecule has 2 N–H and O–H groups in total. The minimum absolute atomic E-state index is 0. The van der Waals surface area contributed by atoms with Gasteiger partial charge in [-0.1, -0.05) is 27.2 Å². The first-order valence-electron chi connectivity index (χ1n) is 5.35. The fourth-order valence-corrected chi connectivity index (χ4v) is 1.75. The third kappa shape index (κ3) is 4.98. The van der Waals surface area contributed by atoms with E-state index < -0.39 is 23.8 Å². The SMILES string of the molecule is CCCC(C(=O)O)C(CC(C)C)C(=O)O.[Fm]. The van der Waals surface area contributed by atoms with Crippen LogP contribution in [0.25, 0.3) is 0 Å². The molecule has 2 atom stereocenters. The Kier molecular flexibility index (Phi) is 7.43. The van der Waals surface area contributed by atoms with Gasteiger partial charge in [0.05, 0.1) is 11.8 Å². The summed E-state index contributed by atoms with van der Waals surface area (Å²) in [5.74, 6) is -3.31. The summed E-state index contributed by atoms with van der Waals surface area (Å²) in [5, 5.41) is 18.0. The third-order valence-electron chi connectivity index (χ3n) is 2.45. The predicted octanol–water partition coefficient (Wildman–Crippen LogP) is 2.23. The average Bonchev–Trinajstić information content (AvgIpc) is 2.09. The first-order valence-corrected chi connectivity index (χ1v) is 5.35. The van der Waals surface area contributed by atoms with E-state index in [1.165, 1.54) is 0 Å². The molecule has 0 heterocycles. The Morgan fingerprint density at radius 3 is 1.75 bits per heavy atom. The molecule has 4 nitrogen and oxygen atoms in total. The molecule has 0 fully saturated rings. The molecule has 5 heteroatoms. The van der Waals surface area contributed by atoms with Crippen molar-refractivity contribution in [3.8, 4) is 0 Å². The quantitative estimate of drug-likeness (QED) is 0.595. The van der Waals surface area contributed by atoms with Crippen molar-refractivity contribution in [2.45, 2.75) is 40.0 Å². The molecule has 0 aromatic heterocycles. The summed E-state index contributed by atoms with van der Waals surface area (Å²) in [6.07, 6.45) is 1.55. The smallest absolute Gasteiger partial charge is 0.307 e. The molecular formula is C11H20FmO4. The second kappa shape index (κ2) is 7.26. The molecule has 2 unspecified atom stereocenters. The monoisotopic (exact) mass is 473 g/mol. The van der Waals surface area contributed by atoms with Gasteiger partial charge in [-0.05, 0) is 18.8 Å². The van der Waals surface area contributed by atoms with Crippen LogP contribution in [0.3, 0.4) is 0 Å². The van der Waals surface area contributed by atoms with Crippen LogP contribution in [0, 0.1) is 17.8 Å². The van der Waals surface area contributed by atoms with Crippen molar-refractivity contribution in [1.29, 1.82) is 0 Å². The Morgan fingerprint density at radius 1 is 1.06 bits per heavy atom. The molecule has 0 aliphatic heterocycles. The van der Waals surface area contributed by atoms with Crippen molar-refractivity contribution >= 4 is 11.9 Å². The van der Waals surface area contributed by atoms with Gasteiger partial charge in [0.15, 0.2) is 0 Å². The summed E-state index contributed by atoms with van der Waals surface area (Å²) in [4.78, 5) is 21.9. The molecule has 0 bridgehead atoms. The Hall–Kier alpha value is -2.06. The van der Waals surface area contributed by atoms with Crippen molar-refractivity contribution in [2.24, 2.45) is 17.8 Å². The van der Waals surface area contributed by atoms with Gasteiger partial charge in [-0.25, -0.2) is 0 Å². The first kappa shape index (κ1) is 16.4. The minimum Gasteiger partial charge on any atom is -0.481 e. The fraction of sp³-hybridized carbons (Fsp3) is 0.818. The molecule has 0 saturated carbocycles. The zero-order chi connectivity index (χ0) is 12.0. The molecule has 16 heavy (non-hydrogen) atoms. The van der Waals surface area contributed by atoms with Crippen molar-refractivity contribution in [3.63, 3.8) is 0 Å².